The molecule has 2 rings (SSSR count). The summed E-state index contributed by atoms with van der Waals surface area (Å²) in [5, 5.41) is 10.9. The fourth-order valence-corrected chi connectivity index (χ4v) is 2.17. The molecule has 1 aromatic carbocycles. The van der Waals surface area contributed by atoms with Gasteiger partial charge in [0.2, 0.25) is 0 Å². The highest BCUT2D eigenvalue weighted by Gasteiger charge is 2.47. The Balaban J connectivity index is 2.60. The van der Waals surface area contributed by atoms with Crippen LogP contribution in [-0.4, -0.2) is 22.3 Å². The molecule has 1 aliphatic carbocycles. The average molecular weight is 261 g/mol. The van der Waals surface area contributed by atoms with Crippen molar-refractivity contribution in [1.29, 1.82) is 0 Å². The predicted octanol–water partition coefficient (Wildman–Crippen LogP) is 1.82. The number of rotatable bonds is 3. The lowest BCUT2D eigenvalue weighted by atomic mass is 9.91. The molecule has 6 nitrogen and oxygen atoms in total. The van der Waals surface area contributed by atoms with E-state index in [-0.39, 0.29) is 11.1 Å². The van der Waals surface area contributed by atoms with Gasteiger partial charge >= 0.3 is 0 Å². The summed E-state index contributed by atoms with van der Waals surface area (Å²) in [5.74, 6) is -3.80. The van der Waals surface area contributed by atoms with Gasteiger partial charge in [-0.2, -0.15) is 0 Å². The molecule has 0 N–H and O–H groups in total. The van der Waals surface area contributed by atoms with E-state index in [1.165, 1.54) is 12.1 Å². The van der Waals surface area contributed by atoms with Gasteiger partial charge in [-0.15, -0.1) is 0 Å². The van der Waals surface area contributed by atoms with Gasteiger partial charge in [-0.3, -0.25) is 24.5 Å². The minimum absolute atomic E-state index is 0.0294. The van der Waals surface area contributed by atoms with E-state index in [2.05, 4.69) is 0 Å². The maximum absolute atomic E-state index is 12.1. The van der Waals surface area contributed by atoms with Crippen molar-refractivity contribution in [1.82, 2.24) is 0 Å². The minimum Gasteiger partial charge on any atom is -0.298 e. The van der Waals surface area contributed by atoms with Crippen LogP contribution < -0.4 is 0 Å². The third-order valence-electron chi connectivity index (χ3n) is 3.13. The van der Waals surface area contributed by atoms with Crippen LogP contribution in [0.5, 0.6) is 0 Å². The Morgan fingerprint density at radius 2 is 1.89 bits per heavy atom. The van der Waals surface area contributed by atoms with Gasteiger partial charge < -0.3 is 0 Å². The van der Waals surface area contributed by atoms with Crippen molar-refractivity contribution in [2.24, 2.45) is 11.8 Å². The van der Waals surface area contributed by atoms with E-state index < -0.39 is 39.8 Å². The van der Waals surface area contributed by atoms with E-state index in [0.29, 0.717) is 0 Å². The van der Waals surface area contributed by atoms with Crippen LogP contribution >= 0.6 is 0 Å². The zero-order valence-electron chi connectivity index (χ0n) is 10.4. The van der Waals surface area contributed by atoms with Crippen LogP contribution in [0.4, 0.5) is 5.69 Å². The minimum atomic E-state index is -1.42. The lowest BCUT2D eigenvalue weighted by Crippen LogP contribution is -2.29. The van der Waals surface area contributed by atoms with E-state index >= 15 is 0 Å². The summed E-state index contributed by atoms with van der Waals surface area (Å²) in [5.41, 5.74) is -0.690. The Bertz CT molecular complexity index is 617. The summed E-state index contributed by atoms with van der Waals surface area (Å²) >= 11 is 0. The Hall–Kier alpha value is -2.37. The zero-order chi connectivity index (χ0) is 14.3. The molecule has 0 fully saturated rings. The highest BCUT2D eigenvalue weighted by molar-refractivity contribution is 6.36. The van der Waals surface area contributed by atoms with Gasteiger partial charge in [-0.25, -0.2) is 0 Å². The second-order valence-electron chi connectivity index (χ2n) is 4.68. The van der Waals surface area contributed by atoms with Gasteiger partial charge in [0.05, 0.1) is 4.92 Å². The number of nitro groups is 1. The van der Waals surface area contributed by atoms with Crippen molar-refractivity contribution < 1.29 is 19.3 Å². The van der Waals surface area contributed by atoms with Crippen molar-refractivity contribution in [3.8, 4) is 0 Å². The second kappa shape index (κ2) is 4.38. The molecule has 0 aliphatic heterocycles. The second-order valence-corrected chi connectivity index (χ2v) is 4.68. The van der Waals surface area contributed by atoms with Gasteiger partial charge in [0, 0.05) is 17.5 Å². The number of Topliss-reactive ketones (excluding diaryl/α,β-unsaturated/α-hetero) is 3. The van der Waals surface area contributed by atoms with Crippen LogP contribution in [0, 0.1) is 22.0 Å². The Morgan fingerprint density at radius 3 is 2.42 bits per heavy atom. The number of carbonyl (C=O) groups excluding carboxylic acids is 3. The first-order chi connectivity index (χ1) is 8.86. The molecule has 0 spiro atoms. The maximum atomic E-state index is 12.1. The molecule has 0 amide bonds. The highest BCUT2D eigenvalue weighted by atomic mass is 16.6. The summed E-state index contributed by atoms with van der Waals surface area (Å²) in [7, 11) is 0. The summed E-state index contributed by atoms with van der Waals surface area (Å²) in [6.07, 6.45) is 0. The SMILES string of the molecule is CC(C)C(=O)C1C(=O)c2cccc([N+](=O)[O-])c2C1=O. The van der Waals surface area contributed by atoms with E-state index in [4.69, 9.17) is 0 Å². The Kier molecular flexibility index (Phi) is 3.01. The van der Waals surface area contributed by atoms with E-state index in [0.717, 1.165) is 6.07 Å². The van der Waals surface area contributed by atoms with E-state index in [1.54, 1.807) is 13.8 Å². The van der Waals surface area contributed by atoms with Gasteiger partial charge in [-0.05, 0) is 0 Å². The van der Waals surface area contributed by atoms with E-state index in [9.17, 15) is 24.5 Å². The molecule has 1 aromatic rings. The van der Waals surface area contributed by atoms with Crippen LogP contribution in [-0.2, 0) is 4.79 Å². The van der Waals surface area contributed by atoms with Crippen LogP contribution in [0.3, 0.4) is 0 Å². The first kappa shape index (κ1) is 13.1. The van der Waals surface area contributed by atoms with Gasteiger partial charge in [0.15, 0.2) is 17.3 Å². The number of nitrogens with zero attached hydrogens (tertiary/aromatic N) is 1. The first-order valence-electron chi connectivity index (χ1n) is 5.75. The molecule has 0 heterocycles. The number of ketones is 3. The number of hydrogen-bond donors (Lipinski definition) is 0. The summed E-state index contributed by atoms with van der Waals surface area (Å²) in [6, 6.07) is 3.84. The fourth-order valence-electron chi connectivity index (χ4n) is 2.17. The van der Waals surface area contributed by atoms with Crippen LogP contribution in [0.15, 0.2) is 18.2 Å². The molecule has 1 atom stereocenters. The van der Waals surface area contributed by atoms with Gasteiger partial charge in [0.1, 0.15) is 11.5 Å². The molecule has 0 bridgehead atoms. The van der Waals surface area contributed by atoms with Crippen molar-refractivity contribution in [3.63, 3.8) is 0 Å². The molecule has 0 aromatic heterocycles. The lowest BCUT2D eigenvalue weighted by Gasteiger charge is -2.08. The number of benzene rings is 1. The molecule has 19 heavy (non-hydrogen) atoms. The lowest BCUT2D eigenvalue weighted by molar-refractivity contribution is -0.385. The van der Waals surface area contributed by atoms with Crippen LogP contribution in [0.2, 0.25) is 0 Å². The van der Waals surface area contributed by atoms with Crippen molar-refractivity contribution >= 4 is 23.0 Å². The zero-order valence-corrected chi connectivity index (χ0v) is 10.4. The number of fused-ring (bicyclic) bond motifs is 1. The smallest absolute Gasteiger partial charge is 0.280 e. The normalized spacial score (nSPS) is 17.7. The van der Waals surface area contributed by atoms with Gasteiger partial charge in [0.25, 0.3) is 5.69 Å². The van der Waals surface area contributed by atoms with Gasteiger partial charge in [-0.1, -0.05) is 26.0 Å². The molecule has 98 valence electrons. The molecule has 1 aliphatic rings. The van der Waals surface area contributed by atoms with Crippen LogP contribution in [0.25, 0.3) is 0 Å². The Morgan fingerprint density at radius 1 is 1.26 bits per heavy atom. The number of carbonyl (C=O) groups is 3. The first-order valence-corrected chi connectivity index (χ1v) is 5.75. The van der Waals surface area contributed by atoms with Crippen molar-refractivity contribution in [3.05, 3.63) is 39.4 Å². The quantitative estimate of drug-likeness (QED) is 0.470. The number of hydrogen-bond acceptors (Lipinski definition) is 5. The molecule has 1 unspecified atom stereocenters. The van der Waals surface area contributed by atoms with Crippen molar-refractivity contribution in [2.75, 3.05) is 0 Å². The largest absolute Gasteiger partial charge is 0.298 e. The molecule has 0 saturated carbocycles. The summed E-state index contributed by atoms with van der Waals surface area (Å²) < 4.78 is 0. The molecule has 0 radical (unpaired) electrons. The molecular weight excluding hydrogens is 250 g/mol. The highest BCUT2D eigenvalue weighted by Crippen LogP contribution is 2.34. The number of nitro benzene ring substituents is 1. The average Bonchev–Trinajstić information content (AvgIpc) is 2.61. The summed E-state index contributed by atoms with van der Waals surface area (Å²) in [6.45, 7) is 3.17. The molecular formula is C13H11NO5. The monoisotopic (exact) mass is 261 g/mol. The standard InChI is InChI=1S/C13H11NO5/c1-6(2)11(15)10-12(16)7-4-3-5-8(14(18)19)9(7)13(10)17/h3-6,10H,1-2H3. The Labute approximate surface area is 108 Å². The van der Waals surface area contributed by atoms with E-state index in [1.807, 2.05) is 0 Å². The molecule has 0 saturated heterocycles. The fraction of sp³-hybridized carbons (Fsp3) is 0.308. The topological polar surface area (TPSA) is 94.3 Å². The predicted molar refractivity (Wildman–Crippen MR) is 65.1 cm³/mol. The maximum Gasteiger partial charge on any atom is 0.280 e. The third-order valence-corrected chi connectivity index (χ3v) is 3.13. The van der Waals surface area contributed by atoms with Crippen LogP contribution in [0.1, 0.15) is 34.6 Å². The third kappa shape index (κ3) is 1.85. The van der Waals surface area contributed by atoms with Crippen molar-refractivity contribution in [2.45, 2.75) is 13.8 Å². The summed E-state index contributed by atoms with van der Waals surface area (Å²) in [4.78, 5) is 46.3. The molecule has 6 heteroatoms.